The summed E-state index contributed by atoms with van der Waals surface area (Å²) in [5.74, 6) is -0.475. The van der Waals surface area contributed by atoms with E-state index in [-0.39, 0.29) is 10.6 Å². The first-order chi connectivity index (χ1) is 8.56. The SMILES string of the molecule is CC(CBr)CCCNC(=O)c1c(F)cccc1Cl. The molecule has 0 bridgehead atoms. The Morgan fingerprint density at radius 3 is 2.89 bits per heavy atom. The second kappa shape index (κ2) is 7.74. The molecule has 1 rings (SSSR count). The van der Waals surface area contributed by atoms with E-state index in [1.54, 1.807) is 0 Å². The van der Waals surface area contributed by atoms with E-state index < -0.39 is 11.7 Å². The molecule has 0 saturated carbocycles. The molecule has 0 heterocycles. The fourth-order valence-corrected chi connectivity index (χ4v) is 2.11. The summed E-state index contributed by atoms with van der Waals surface area (Å²) in [6.07, 6.45) is 1.88. The van der Waals surface area contributed by atoms with Crippen LogP contribution in [0.15, 0.2) is 18.2 Å². The van der Waals surface area contributed by atoms with Gasteiger partial charge in [0.25, 0.3) is 5.91 Å². The lowest BCUT2D eigenvalue weighted by Crippen LogP contribution is -2.26. The standard InChI is InChI=1S/C13H16BrClFNO/c1-9(8-14)4-3-7-17-13(18)12-10(15)5-2-6-11(12)16/h2,5-6,9H,3-4,7-8H2,1H3,(H,17,18). The molecule has 2 nitrogen and oxygen atoms in total. The van der Waals surface area contributed by atoms with Gasteiger partial charge in [0, 0.05) is 11.9 Å². The average molecular weight is 337 g/mol. The lowest BCUT2D eigenvalue weighted by atomic mass is 10.1. The van der Waals surface area contributed by atoms with Gasteiger partial charge in [0.15, 0.2) is 0 Å². The minimum Gasteiger partial charge on any atom is -0.352 e. The first kappa shape index (κ1) is 15.4. The lowest BCUT2D eigenvalue weighted by Gasteiger charge is -2.09. The van der Waals surface area contributed by atoms with E-state index in [4.69, 9.17) is 11.6 Å². The molecule has 0 radical (unpaired) electrons. The summed E-state index contributed by atoms with van der Waals surface area (Å²) in [4.78, 5) is 11.8. The van der Waals surface area contributed by atoms with Crippen molar-refractivity contribution in [2.75, 3.05) is 11.9 Å². The quantitative estimate of drug-likeness (QED) is 0.617. The predicted octanol–water partition coefficient (Wildman–Crippen LogP) is 4.02. The van der Waals surface area contributed by atoms with Crippen LogP contribution in [0, 0.1) is 11.7 Å². The van der Waals surface area contributed by atoms with Crippen LogP contribution in [-0.2, 0) is 0 Å². The van der Waals surface area contributed by atoms with Crippen molar-refractivity contribution < 1.29 is 9.18 Å². The van der Waals surface area contributed by atoms with Crippen LogP contribution in [0.25, 0.3) is 0 Å². The van der Waals surface area contributed by atoms with Crippen LogP contribution >= 0.6 is 27.5 Å². The summed E-state index contributed by atoms with van der Waals surface area (Å²) in [5.41, 5.74) is -0.0762. The summed E-state index contributed by atoms with van der Waals surface area (Å²) in [6, 6.07) is 4.21. The van der Waals surface area contributed by atoms with Crippen LogP contribution in [0.2, 0.25) is 5.02 Å². The van der Waals surface area contributed by atoms with E-state index >= 15 is 0 Å². The molecular weight excluding hydrogens is 321 g/mol. The van der Waals surface area contributed by atoms with Crippen molar-refractivity contribution in [2.45, 2.75) is 19.8 Å². The molecule has 1 aromatic rings. The smallest absolute Gasteiger partial charge is 0.255 e. The van der Waals surface area contributed by atoms with E-state index in [9.17, 15) is 9.18 Å². The van der Waals surface area contributed by atoms with Crippen LogP contribution in [-0.4, -0.2) is 17.8 Å². The number of rotatable bonds is 6. The van der Waals surface area contributed by atoms with E-state index in [2.05, 4.69) is 28.2 Å². The number of carbonyl (C=O) groups excluding carboxylic acids is 1. The van der Waals surface area contributed by atoms with Crippen molar-refractivity contribution in [2.24, 2.45) is 5.92 Å². The summed E-state index contributed by atoms with van der Waals surface area (Å²) in [6.45, 7) is 2.66. The van der Waals surface area contributed by atoms with Gasteiger partial charge in [0.1, 0.15) is 5.82 Å². The highest BCUT2D eigenvalue weighted by Crippen LogP contribution is 2.18. The van der Waals surface area contributed by atoms with Gasteiger partial charge in [0.2, 0.25) is 0 Å². The molecule has 0 aliphatic heterocycles. The first-order valence-corrected chi connectivity index (χ1v) is 7.34. The minimum atomic E-state index is -0.589. The first-order valence-electron chi connectivity index (χ1n) is 5.84. The fourth-order valence-electron chi connectivity index (χ4n) is 1.53. The third-order valence-electron chi connectivity index (χ3n) is 2.61. The maximum Gasteiger partial charge on any atom is 0.255 e. The molecule has 0 fully saturated rings. The van der Waals surface area contributed by atoms with Gasteiger partial charge in [-0.15, -0.1) is 0 Å². The van der Waals surface area contributed by atoms with E-state index in [0.717, 1.165) is 18.2 Å². The summed E-state index contributed by atoms with van der Waals surface area (Å²) in [5, 5.41) is 3.77. The molecule has 1 atom stereocenters. The van der Waals surface area contributed by atoms with Crippen molar-refractivity contribution in [3.05, 3.63) is 34.6 Å². The second-order valence-electron chi connectivity index (χ2n) is 4.25. The molecule has 0 aliphatic carbocycles. The largest absolute Gasteiger partial charge is 0.352 e. The van der Waals surface area contributed by atoms with Crippen LogP contribution < -0.4 is 5.32 Å². The predicted molar refractivity (Wildman–Crippen MR) is 75.9 cm³/mol. The third kappa shape index (κ3) is 4.58. The summed E-state index contributed by atoms with van der Waals surface area (Å²) >= 11 is 9.20. The van der Waals surface area contributed by atoms with Gasteiger partial charge in [-0.1, -0.05) is 40.5 Å². The number of alkyl halides is 1. The molecule has 5 heteroatoms. The molecule has 1 aromatic carbocycles. The zero-order chi connectivity index (χ0) is 13.5. The highest BCUT2D eigenvalue weighted by Gasteiger charge is 2.14. The highest BCUT2D eigenvalue weighted by atomic mass is 79.9. The van der Waals surface area contributed by atoms with Gasteiger partial charge in [-0.2, -0.15) is 0 Å². The van der Waals surface area contributed by atoms with Gasteiger partial charge in [0.05, 0.1) is 10.6 Å². The number of benzene rings is 1. The van der Waals surface area contributed by atoms with Crippen LogP contribution in [0.5, 0.6) is 0 Å². The zero-order valence-corrected chi connectivity index (χ0v) is 12.5. The molecule has 0 spiro atoms. The molecule has 1 amide bonds. The molecule has 0 aliphatic rings. The number of hydrogen-bond acceptors (Lipinski definition) is 1. The Balaban J connectivity index is 2.46. The Bertz CT molecular complexity index is 394. The Morgan fingerprint density at radius 1 is 1.56 bits per heavy atom. The monoisotopic (exact) mass is 335 g/mol. The van der Waals surface area contributed by atoms with E-state index in [0.29, 0.717) is 12.5 Å². The van der Waals surface area contributed by atoms with Crippen molar-refractivity contribution in [3.8, 4) is 0 Å². The molecular formula is C13H16BrClFNO. The van der Waals surface area contributed by atoms with Gasteiger partial charge < -0.3 is 5.32 Å². The van der Waals surface area contributed by atoms with Crippen LogP contribution in [0.1, 0.15) is 30.1 Å². The van der Waals surface area contributed by atoms with Gasteiger partial charge in [-0.05, 0) is 30.9 Å². The summed E-state index contributed by atoms with van der Waals surface area (Å²) in [7, 11) is 0. The zero-order valence-electron chi connectivity index (χ0n) is 10.2. The van der Waals surface area contributed by atoms with E-state index in [1.807, 2.05) is 0 Å². The molecule has 100 valence electrons. The van der Waals surface area contributed by atoms with Crippen molar-refractivity contribution in [1.29, 1.82) is 0 Å². The maximum absolute atomic E-state index is 13.4. The van der Waals surface area contributed by atoms with Gasteiger partial charge >= 0.3 is 0 Å². The van der Waals surface area contributed by atoms with E-state index in [1.165, 1.54) is 18.2 Å². The van der Waals surface area contributed by atoms with Crippen molar-refractivity contribution in [3.63, 3.8) is 0 Å². The molecule has 0 aromatic heterocycles. The molecule has 18 heavy (non-hydrogen) atoms. The Morgan fingerprint density at radius 2 is 2.28 bits per heavy atom. The lowest BCUT2D eigenvalue weighted by molar-refractivity contribution is 0.0948. The van der Waals surface area contributed by atoms with Crippen LogP contribution in [0.4, 0.5) is 4.39 Å². The fraction of sp³-hybridized carbons (Fsp3) is 0.462. The number of carbonyl (C=O) groups is 1. The Labute approximate surface area is 120 Å². The Hall–Kier alpha value is -0.610. The molecule has 0 saturated heterocycles. The number of nitrogens with one attached hydrogen (secondary N) is 1. The van der Waals surface area contributed by atoms with Crippen LogP contribution in [0.3, 0.4) is 0 Å². The average Bonchev–Trinajstić information content (AvgIpc) is 2.34. The maximum atomic E-state index is 13.4. The normalized spacial score (nSPS) is 12.2. The Kier molecular flexibility index (Phi) is 6.65. The molecule has 1 unspecified atom stereocenters. The van der Waals surface area contributed by atoms with Gasteiger partial charge in [-0.25, -0.2) is 4.39 Å². The van der Waals surface area contributed by atoms with Gasteiger partial charge in [-0.3, -0.25) is 4.79 Å². The number of halogens is 3. The number of amides is 1. The summed E-state index contributed by atoms with van der Waals surface area (Å²) < 4.78 is 13.4. The van der Waals surface area contributed by atoms with Crippen molar-refractivity contribution >= 4 is 33.4 Å². The topological polar surface area (TPSA) is 29.1 Å². The number of hydrogen-bond donors (Lipinski definition) is 1. The highest BCUT2D eigenvalue weighted by molar-refractivity contribution is 9.09. The van der Waals surface area contributed by atoms with Crippen molar-refractivity contribution in [1.82, 2.24) is 5.32 Å². The minimum absolute atomic E-state index is 0.0762. The molecule has 1 N–H and O–H groups in total. The second-order valence-corrected chi connectivity index (χ2v) is 5.31. The third-order valence-corrected chi connectivity index (χ3v) is 4.03.